The van der Waals surface area contributed by atoms with Gasteiger partial charge >= 0.3 is 0 Å². The predicted octanol–water partition coefficient (Wildman–Crippen LogP) is 0.800. The Balaban J connectivity index is 2.66. The van der Waals surface area contributed by atoms with Crippen molar-refractivity contribution < 1.29 is 13.2 Å². The molecular formula is C12H26N2O3S. The van der Waals surface area contributed by atoms with E-state index in [1.807, 2.05) is 7.05 Å². The lowest BCUT2D eigenvalue weighted by molar-refractivity contribution is -0.155. The van der Waals surface area contributed by atoms with E-state index in [-0.39, 0.29) is 17.3 Å². The van der Waals surface area contributed by atoms with Gasteiger partial charge < -0.3 is 9.64 Å². The first-order valence-electron chi connectivity index (χ1n) is 6.54. The monoisotopic (exact) mass is 278 g/mol. The predicted molar refractivity (Wildman–Crippen MR) is 72.8 cm³/mol. The molecule has 0 spiro atoms. The van der Waals surface area contributed by atoms with E-state index in [0.29, 0.717) is 12.6 Å². The second kappa shape index (κ2) is 5.86. The topological polar surface area (TPSA) is 72.6 Å². The van der Waals surface area contributed by atoms with Gasteiger partial charge in [-0.1, -0.05) is 13.8 Å². The van der Waals surface area contributed by atoms with Crippen molar-refractivity contribution in [1.82, 2.24) is 4.90 Å². The minimum Gasteiger partial charge on any atom is -0.381 e. The van der Waals surface area contributed by atoms with Gasteiger partial charge in [0.1, 0.15) is 0 Å². The molecule has 2 N–H and O–H groups in total. The first kappa shape index (κ1) is 15.9. The quantitative estimate of drug-likeness (QED) is 0.747. The number of nitrogens with zero attached hydrogens (tertiary/aromatic N) is 1. The summed E-state index contributed by atoms with van der Waals surface area (Å²) < 4.78 is 27.6. The maximum atomic E-state index is 11.0. The highest BCUT2D eigenvalue weighted by molar-refractivity contribution is 7.89. The fourth-order valence-corrected chi connectivity index (χ4v) is 3.82. The molecule has 108 valence electrons. The van der Waals surface area contributed by atoms with Crippen LogP contribution in [0.3, 0.4) is 0 Å². The van der Waals surface area contributed by atoms with Crippen molar-refractivity contribution >= 4 is 10.0 Å². The third kappa shape index (κ3) is 3.04. The van der Waals surface area contributed by atoms with Crippen LogP contribution in [0, 0.1) is 5.41 Å². The first-order chi connectivity index (χ1) is 8.30. The number of primary sulfonamides is 1. The maximum Gasteiger partial charge on any atom is 0.210 e. The Morgan fingerprint density at radius 1 is 1.39 bits per heavy atom. The van der Waals surface area contributed by atoms with E-state index in [1.54, 1.807) is 7.11 Å². The average molecular weight is 278 g/mol. The minimum absolute atomic E-state index is 0.0150. The van der Waals surface area contributed by atoms with Crippen LogP contribution in [0.2, 0.25) is 0 Å². The van der Waals surface area contributed by atoms with E-state index < -0.39 is 10.0 Å². The van der Waals surface area contributed by atoms with Gasteiger partial charge in [0, 0.05) is 25.1 Å². The van der Waals surface area contributed by atoms with Crippen LogP contribution in [0.25, 0.3) is 0 Å². The number of hydrogen-bond acceptors (Lipinski definition) is 4. The molecule has 0 aliphatic heterocycles. The number of hydrogen-bond donors (Lipinski definition) is 1. The third-order valence-electron chi connectivity index (χ3n) is 4.60. The van der Waals surface area contributed by atoms with Gasteiger partial charge in [0.2, 0.25) is 10.0 Å². The van der Waals surface area contributed by atoms with E-state index in [0.717, 1.165) is 19.3 Å². The Bertz CT molecular complexity index is 366. The highest BCUT2D eigenvalue weighted by atomic mass is 32.2. The van der Waals surface area contributed by atoms with Gasteiger partial charge in [0.15, 0.2) is 0 Å². The fraction of sp³-hybridized carbons (Fsp3) is 1.00. The minimum atomic E-state index is -3.38. The normalized spacial score (nSPS) is 27.2. The van der Waals surface area contributed by atoms with Crippen LogP contribution in [-0.4, -0.2) is 51.9 Å². The van der Waals surface area contributed by atoms with Crippen molar-refractivity contribution in [1.29, 1.82) is 0 Å². The summed E-state index contributed by atoms with van der Waals surface area (Å²) in [7, 11) is 0.350. The lowest BCUT2D eigenvalue weighted by Gasteiger charge is -2.58. The molecule has 0 heterocycles. The number of rotatable bonds is 7. The molecule has 5 nitrogen and oxygen atoms in total. The Morgan fingerprint density at radius 3 is 2.33 bits per heavy atom. The molecule has 0 saturated heterocycles. The molecule has 6 heteroatoms. The summed E-state index contributed by atoms with van der Waals surface area (Å²) in [6, 6.07) is 0.388. The van der Waals surface area contributed by atoms with Gasteiger partial charge in [0.25, 0.3) is 0 Å². The molecule has 0 amide bonds. The van der Waals surface area contributed by atoms with Crippen LogP contribution in [-0.2, 0) is 14.8 Å². The zero-order valence-electron chi connectivity index (χ0n) is 11.8. The molecule has 0 radical (unpaired) electrons. The van der Waals surface area contributed by atoms with Crippen molar-refractivity contribution in [3.05, 3.63) is 0 Å². The van der Waals surface area contributed by atoms with E-state index >= 15 is 0 Å². The molecule has 1 saturated carbocycles. The zero-order chi connectivity index (χ0) is 14.0. The van der Waals surface area contributed by atoms with Crippen LogP contribution in [0.15, 0.2) is 0 Å². The molecule has 18 heavy (non-hydrogen) atoms. The van der Waals surface area contributed by atoms with Gasteiger partial charge in [0.05, 0.1) is 11.9 Å². The number of sulfonamides is 1. The Kier molecular flexibility index (Phi) is 5.17. The largest absolute Gasteiger partial charge is 0.381 e. The van der Waals surface area contributed by atoms with Crippen molar-refractivity contribution in [3.8, 4) is 0 Å². The smallest absolute Gasteiger partial charge is 0.210 e. The first-order valence-corrected chi connectivity index (χ1v) is 8.25. The second-order valence-corrected chi connectivity index (χ2v) is 7.00. The average Bonchev–Trinajstić information content (AvgIpc) is 2.27. The summed E-state index contributed by atoms with van der Waals surface area (Å²) in [4.78, 5) is 2.12. The lowest BCUT2D eigenvalue weighted by atomic mass is 9.58. The van der Waals surface area contributed by atoms with Crippen LogP contribution in [0.4, 0.5) is 0 Å². The molecule has 0 aromatic carbocycles. The van der Waals surface area contributed by atoms with Crippen molar-refractivity contribution in [2.75, 3.05) is 26.5 Å². The zero-order valence-corrected chi connectivity index (χ0v) is 12.7. The van der Waals surface area contributed by atoms with Crippen molar-refractivity contribution in [2.24, 2.45) is 10.6 Å². The van der Waals surface area contributed by atoms with Crippen LogP contribution >= 0.6 is 0 Å². The van der Waals surface area contributed by atoms with Crippen LogP contribution in [0.5, 0.6) is 0 Å². The van der Waals surface area contributed by atoms with E-state index in [4.69, 9.17) is 9.88 Å². The molecule has 1 fully saturated rings. The summed E-state index contributed by atoms with van der Waals surface area (Å²) in [5.74, 6) is 0.0150. The Labute approximate surface area is 111 Å². The third-order valence-corrected chi connectivity index (χ3v) is 5.36. The number of methoxy groups -OCH3 is 1. The van der Waals surface area contributed by atoms with Gasteiger partial charge in [-0.2, -0.15) is 0 Å². The van der Waals surface area contributed by atoms with Crippen LogP contribution < -0.4 is 5.14 Å². The van der Waals surface area contributed by atoms with Crippen molar-refractivity contribution in [3.63, 3.8) is 0 Å². The molecule has 0 bridgehead atoms. The van der Waals surface area contributed by atoms with Crippen LogP contribution in [0.1, 0.15) is 33.1 Å². The van der Waals surface area contributed by atoms with E-state index in [2.05, 4.69) is 18.7 Å². The molecule has 0 unspecified atom stereocenters. The maximum absolute atomic E-state index is 11.0. The SMILES string of the molecule is CCC1(CC)[C@@H](OC)C[C@H]1N(C)CCS(N)(=O)=O. The van der Waals surface area contributed by atoms with Gasteiger partial charge in [-0.3, -0.25) is 0 Å². The highest BCUT2D eigenvalue weighted by Gasteiger charge is 2.54. The lowest BCUT2D eigenvalue weighted by Crippen LogP contribution is -2.63. The fourth-order valence-electron chi connectivity index (χ4n) is 3.28. The molecule has 0 aromatic heterocycles. The molecule has 1 aliphatic rings. The molecule has 1 rings (SSSR count). The molecule has 0 aromatic rings. The standard InChI is InChI=1S/C12H26N2O3S/c1-5-12(6-2)10(9-11(12)17-4)14(3)7-8-18(13,15)16/h10-11H,5-9H2,1-4H3,(H2,13,15,16)/t10-,11+/m1/s1. The van der Waals surface area contributed by atoms with Gasteiger partial charge in [-0.15, -0.1) is 0 Å². The number of nitrogens with two attached hydrogens (primary N) is 1. The highest BCUT2D eigenvalue weighted by Crippen LogP contribution is 2.50. The van der Waals surface area contributed by atoms with E-state index in [9.17, 15) is 8.42 Å². The molecule has 1 aliphatic carbocycles. The van der Waals surface area contributed by atoms with E-state index in [1.165, 1.54) is 0 Å². The summed E-state index contributed by atoms with van der Waals surface area (Å²) in [5, 5.41) is 5.05. The summed E-state index contributed by atoms with van der Waals surface area (Å²) in [6.45, 7) is 4.84. The summed E-state index contributed by atoms with van der Waals surface area (Å²) in [5.41, 5.74) is 0.155. The molecular weight excluding hydrogens is 252 g/mol. The summed E-state index contributed by atoms with van der Waals surface area (Å²) >= 11 is 0. The Hall–Kier alpha value is -0.170. The van der Waals surface area contributed by atoms with Crippen molar-refractivity contribution in [2.45, 2.75) is 45.3 Å². The van der Waals surface area contributed by atoms with Gasteiger partial charge in [-0.05, 0) is 26.3 Å². The number of ether oxygens (including phenoxy) is 1. The Morgan fingerprint density at radius 2 is 1.94 bits per heavy atom. The van der Waals surface area contributed by atoms with Gasteiger partial charge in [-0.25, -0.2) is 13.6 Å². The molecule has 2 atom stereocenters. The summed E-state index contributed by atoms with van der Waals surface area (Å²) in [6.07, 6.45) is 3.35. The second-order valence-electron chi connectivity index (χ2n) is 5.26.